The third-order valence-corrected chi connectivity index (χ3v) is 4.32. The Labute approximate surface area is 160 Å². The predicted octanol–water partition coefficient (Wildman–Crippen LogP) is 2.12. The Kier molecular flexibility index (Phi) is 7.27. The minimum atomic E-state index is -3.49. The number of nitrogens with two attached hydrogens (primary N) is 1. The van der Waals surface area contributed by atoms with Gasteiger partial charge in [0.05, 0.1) is 17.4 Å². The van der Waals surface area contributed by atoms with Gasteiger partial charge in [-0.05, 0) is 29.8 Å². The largest absolute Gasteiger partial charge is 0.371 e. The van der Waals surface area contributed by atoms with Gasteiger partial charge >= 0.3 is 0 Å². The molecular weight excluding hydrogens is 362 g/mol. The first-order chi connectivity index (χ1) is 12.8. The van der Waals surface area contributed by atoms with Crippen LogP contribution in [-0.2, 0) is 16.6 Å². The van der Waals surface area contributed by atoms with Gasteiger partial charge in [0.25, 0.3) is 0 Å². The van der Waals surface area contributed by atoms with Crippen LogP contribution in [0.4, 0.5) is 11.4 Å². The van der Waals surface area contributed by atoms with E-state index in [4.69, 9.17) is 5.14 Å². The fourth-order valence-corrected chi connectivity index (χ4v) is 2.61. The molecule has 0 aliphatic heterocycles. The summed E-state index contributed by atoms with van der Waals surface area (Å²) in [7, 11) is -3.49. The van der Waals surface area contributed by atoms with Crippen molar-refractivity contribution in [2.24, 2.45) is 5.14 Å². The number of rotatable bonds is 11. The van der Waals surface area contributed by atoms with Crippen LogP contribution in [0.5, 0.6) is 0 Å². The lowest BCUT2D eigenvalue weighted by atomic mass is 10.2. The molecule has 144 valence electrons. The summed E-state index contributed by atoms with van der Waals surface area (Å²) in [6.07, 6.45) is 0. The molecule has 6 N–H and O–H groups in total. The highest BCUT2D eigenvalue weighted by Crippen LogP contribution is 2.15. The van der Waals surface area contributed by atoms with Crippen molar-refractivity contribution in [3.05, 3.63) is 85.0 Å². The first-order valence-corrected chi connectivity index (χ1v) is 10.1. The zero-order valence-corrected chi connectivity index (χ0v) is 15.9. The molecule has 0 unspecified atom stereocenters. The third kappa shape index (κ3) is 8.30. The van der Waals surface area contributed by atoms with Gasteiger partial charge in [-0.3, -0.25) is 0 Å². The van der Waals surface area contributed by atoms with Gasteiger partial charge in [-0.25, -0.2) is 13.6 Å². The SMILES string of the molecule is C=C(NCCS(N)(=O)=O)Nc1ccc(NC(=C)NCc2ccccc2)cc1. The first-order valence-electron chi connectivity index (χ1n) is 8.36. The summed E-state index contributed by atoms with van der Waals surface area (Å²) in [4.78, 5) is 0. The summed E-state index contributed by atoms with van der Waals surface area (Å²) in [5.41, 5.74) is 2.88. The number of anilines is 2. The normalized spacial score (nSPS) is 10.7. The molecule has 27 heavy (non-hydrogen) atoms. The van der Waals surface area contributed by atoms with E-state index >= 15 is 0 Å². The maximum atomic E-state index is 10.9. The van der Waals surface area contributed by atoms with Crippen LogP contribution >= 0.6 is 0 Å². The van der Waals surface area contributed by atoms with Gasteiger partial charge in [0.15, 0.2) is 0 Å². The lowest BCUT2D eigenvalue weighted by Crippen LogP contribution is -2.28. The summed E-state index contributed by atoms with van der Waals surface area (Å²) < 4.78 is 21.8. The zero-order chi connectivity index (χ0) is 19.7. The number of nitrogens with one attached hydrogen (secondary N) is 4. The summed E-state index contributed by atoms with van der Waals surface area (Å²) in [5, 5.41) is 17.3. The monoisotopic (exact) mass is 387 g/mol. The molecule has 0 saturated heterocycles. The van der Waals surface area contributed by atoms with Gasteiger partial charge in [-0.2, -0.15) is 0 Å². The van der Waals surface area contributed by atoms with Crippen molar-refractivity contribution < 1.29 is 8.42 Å². The first kappa shape index (κ1) is 20.3. The average molecular weight is 388 g/mol. The molecule has 0 aliphatic rings. The second-order valence-corrected chi connectivity index (χ2v) is 7.65. The molecule has 0 spiro atoms. The number of hydrogen-bond donors (Lipinski definition) is 5. The third-order valence-electron chi connectivity index (χ3n) is 3.55. The van der Waals surface area contributed by atoms with Crippen molar-refractivity contribution in [1.29, 1.82) is 0 Å². The van der Waals surface area contributed by atoms with E-state index in [-0.39, 0.29) is 12.3 Å². The van der Waals surface area contributed by atoms with E-state index in [0.717, 1.165) is 11.4 Å². The Hall–Kier alpha value is -2.97. The van der Waals surface area contributed by atoms with Crippen molar-refractivity contribution in [3.8, 4) is 0 Å². The zero-order valence-electron chi connectivity index (χ0n) is 15.0. The minimum Gasteiger partial charge on any atom is -0.371 e. The van der Waals surface area contributed by atoms with Crippen LogP contribution in [-0.4, -0.2) is 20.7 Å². The van der Waals surface area contributed by atoms with Gasteiger partial charge in [-0.1, -0.05) is 43.5 Å². The van der Waals surface area contributed by atoms with E-state index in [2.05, 4.69) is 34.4 Å². The van der Waals surface area contributed by atoms with Crippen LogP contribution in [0.25, 0.3) is 0 Å². The molecule has 0 atom stereocenters. The smallest absolute Gasteiger partial charge is 0.210 e. The van der Waals surface area contributed by atoms with Gasteiger partial charge in [-0.15, -0.1) is 0 Å². The number of sulfonamides is 1. The lowest BCUT2D eigenvalue weighted by molar-refractivity contribution is 0.595. The highest BCUT2D eigenvalue weighted by molar-refractivity contribution is 7.89. The van der Waals surface area contributed by atoms with Gasteiger partial charge in [0.1, 0.15) is 0 Å². The molecule has 0 amide bonds. The minimum absolute atomic E-state index is 0.158. The molecule has 0 aromatic heterocycles. The molecule has 7 nitrogen and oxygen atoms in total. The Morgan fingerprint density at radius 1 is 0.852 bits per heavy atom. The Bertz CT molecular complexity index is 865. The van der Waals surface area contributed by atoms with E-state index in [1.165, 1.54) is 5.56 Å². The molecule has 0 bridgehead atoms. The second-order valence-electron chi connectivity index (χ2n) is 5.92. The molecule has 0 fully saturated rings. The summed E-state index contributed by atoms with van der Waals surface area (Å²) in [6, 6.07) is 17.6. The van der Waals surface area contributed by atoms with Gasteiger partial charge < -0.3 is 21.3 Å². The fourth-order valence-electron chi connectivity index (χ4n) is 2.22. The Balaban J connectivity index is 1.75. The highest BCUT2D eigenvalue weighted by atomic mass is 32.2. The highest BCUT2D eigenvalue weighted by Gasteiger charge is 2.03. The summed E-state index contributed by atoms with van der Waals surface area (Å²) >= 11 is 0. The number of primary sulfonamides is 1. The van der Waals surface area contributed by atoms with Gasteiger partial charge in [0.2, 0.25) is 10.0 Å². The molecule has 8 heteroatoms. The van der Waals surface area contributed by atoms with E-state index in [1.54, 1.807) is 0 Å². The van der Waals surface area contributed by atoms with Crippen molar-refractivity contribution >= 4 is 21.4 Å². The summed E-state index contributed by atoms with van der Waals surface area (Å²) in [6.45, 7) is 8.65. The Morgan fingerprint density at radius 3 is 1.89 bits per heavy atom. The number of hydrogen-bond acceptors (Lipinski definition) is 6. The molecule has 2 rings (SSSR count). The maximum Gasteiger partial charge on any atom is 0.210 e. The molecule has 2 aromatic carbocycles. The van der Waals surface area contributed by atoms with Crippen LogP contribution in [0.15, 0.2) is 79.4 Å². The molecule has 0 saturated carbocycles. The van der Waals surface area contributed by atoms with Crippen molar-refractivity contribution in [1.82, 2.24) is 10.6 Å². The fraction of sp³-hybridized carbons (Fsp3) is 0.158. The Morgan fingerprint density at radius 2 is 1.37 bits per heavy atom. The standard InChI is InChI=1S/C19H25N5O2S/c1-15(21-12-13-27(20,25)26)23-18-8-10-19(11-9-18)24-16(2)22-14-17-6-4-3-5-7-17/h3-11,21-24H,1-2,12-14H2,(H2,20,25,26). The predicted molar refractivity (Wildman–Crippen MR) is 111 cm³/mol. The van der Waals surface area contributed by atoms with Crippen molar-refractivity contribution in [2.45, 2.75) is 6.54 Å². The molecular formula is C19H25N5O2S. The van der Waals surface area contributed by atoms with Gasteiger partial charge in [0, 0.05) is 24.5 Å². The van der Waals surface area contributed by atoms with Crippen LogP contribution in [0.1, 0.15) is 5.56 Å². The van der Waals surface area contributed by atoms with E-state index in [0.29, 0.717) is 18.2 Å². The van der Waals surface area contributed by atoms with E-state index in [1.807, 2.05) is 54.6 Å². The van der Waals surface area contributed by atoms with Crippen LogP contribution in [0.3, 0.4) is 0 Å². The molecule has 0 radical (unpaired) electrons. The molecule has 2 aromatic rings. The van der Waals surface area contributed by atoms with Crippen molar-refractivity contribution in [3.63, 3.8) is 0 Å². The second kappa shape index (κ2) is 9.65. The quantitative estimate of drug-likeness (QED) is 0.404. The van der Waals surface area contributed by atoms with E-state index in [9.17, 15) is 8.42 Å². The van der Waals surface area contributed by atoms with Crippen LogP contribution in [0, 0.1) is 0 Å². The lowest BCUT2D eigenvalue weighted by Gasteiger charge is -2.14. The topological polar surface area (TPSA) is 108 Å². The average Bonchev–Trinajstić information content (AvgIpc) is 2.61. The molecule has 0 aliphatic carbocycles. The molecule has 0 heterocycles. The maximum absolute atomic E-state index is 10.9. The summed E-state index contributed by atoms with van der Waals surface area (Å²) in [5.74, 6) is 1.04. The van der Waals surface area contributed by atoms with Crippen molar-refractivity contribution in [2.75, 3.05) is 22.9 Å². The van der Waals surface area contributed by atoms with Crippen LogP contribution in [0.2, 0.25) is 0 Å². The number of benzene rings is 2. The van der Waals surface area contributed by atoms with Crippen LogP contribution < -0.4 is 26.4 Å². The van der Waals surface area contributed by atoms with E-state index < -0.39 is 10.0 Å².